The van der Waals surface area contributed by atoms with Crippen molar-refractivity contribution in [2.75, 3.05) is 0 Å². The van der Waals surface area contributed by atoms with Gasteiger partial charge in [0.2, 0.25) is 6.08 Å². The number of isocyanates is 1. The Hall–Kier alpha value is -1.41. The molecule has 0 aromatic carbocycles. The average molecular weight is 138 g/mol. The predicted octanol–water partition coefficient (Wildman–Crippen LogP) is 0.819. The van der Waals surface area contributed by atoms with Gasteiger partial charge in [0.15, 0.2) is 5.76 Å². The Morgan fingerprint density at radius 3 is 3.20 bits per heavy atom. The van der Waals surface area contributed by atoms with E-state index in [0.717, 1.165) is 5.69 Å². The van der Waals surface area contributed by atoms with Crippen molar-refractivity contribution in [3.63, 3.8) is 0 Å². The normalized spacial score (nSPS) is 8.90. The van der Waals surface area contributed by atoms with Gasteiger partial charge in [0, 0.05) is 6.07 Å². The SMILES string of the molecule is Cc1cc(CN=C=O)on1. The van der Waals surface area contributed by atoms with Crippen LogP contribution in [0.1, 0.15) is 11.5 Å². The lowest BCUT2D eigenvalue weighted by Gasteiger charge is -1.78. The summed E-state index contributed by atoms with van der Waals surface area (Å²) in [6, 6.07) is 1.72. The Kier molecular flexibility index (Phi) is 1.97. The highest BCUT2D eigenvalue weighted by atomic mass is 16.5. The molecule has 0 fully saturated rings. The van der Waals surface area contributed by atoms with Gasteiger partial charge < -0.3 is 4.52 Å². The van der Waals surface area contributed by atoms with Gasteiger partial charge in [-0.05, 0) is 6.92 Å². The van der Waals surface area contributed by atoms with Crippen molar-refractivity contribution in [1.82, 2.24) is 5.16 Å². The molecule has 10 heavy (non-hydrogen) atoms. The monoisotopic (exact) mass is 138 g/mol. The molecule has 1 heterocycles. The van der Waals surface area contributed by atoms with Crippen molar-refractivity contribution >= 4 is 6.08 Å². The van der Waals surface area contributed by atoms with Crippen LogP contribution in [0.15, 0.2) is 15.6 Å². The van der Waals surface area contributed by atoms with Crippen LogP contribution in [0.5, 0.6) is 0 Å². The fourth-order valence-electron chi connectivity index (χ4n) is 0.601. The summed E-state index contributed by atoms with van der Waals surface area (Å²) in [6.45, 7) is 2.03. The minimum absolute atomic E-state index is 0.227. The summed E-state index contributed by atoms with van der Waals surface area (Å²) in [5.74, 6) is 0.584. The summed E-state index contributed by atoms with van der Waals surface area (Å²) in [5, 5.41) is 3.60. The number of nitrogens with zero attached hydrogens (tertiary/aromatic N) is 2. The molecule has 0 saturated heterocycles. The molecule has 4 heteroatoms. The Labute approximate surface area is 57.5 Å². The summed E-state index contributed by atoms with van der Waals surface area (Å²) >= 11 is 0. The van der Waals surface area contributed by atoms with Crippen molar-refractivity contribution in [1.29, 1.82) is 0 Å². The second kappa shape index (κ2) is 2.94. The number of hydrogen-bond acceptors (Lipinski definition) is 4. The first-order valence-corrected chi connectivity index (χ1v) is 2.79. The smallest absolute Gasteiger partial charge is 0.235 e. The maximum Gasteiger partial charge on any atom is 0.235 e. The molecule has 1 aromatic rings. The summed E-state index contributed by atoms with van der Waals surface area (Å²) in [6.07, 6.45) is 1.41. The van der Waals surface area contributed by atoms with Gasteiger partial charge in [-0.15, -0.1) is 0 Å². The van der Waals surface area contributed by atoms with Gasteiger partial charge in [0.25, 0.3) is 0 Å². The molecular formula is C6H6N2O2. The van der Waals surface area contributed by atoms with Gasteiger partial charge in [-0.2, -0.15) is 4.99 Å². The Morgan fingerprint density at radius 2 is 2.70 bits per heavy atom. The minimum Gasteiger partial charge on any atom is -0.359 e. The molecule has 0 bridgehead atoms. The highest BCUT2D eigenvalue weighted by Crippen LogP contribution is 2.02. The molecule has 0 saturated carbocycles. The maximum absolute atomic E-state index is 9.63. The third-order valence-corrected chi connectivity index (χ3v) is 0.976. The lowest BCUT2D eigenvalue weighted by Crippen LogP contribution is -1.72. The average Bonchev–Trinajstić information content (AvgIpc) is 2.31. The highest BCUT2D eigenvalue weighted by Gasteiger charge is 1.96. The molecule has 0 spiro atoms. The molecule has 0 aliphatic carbocycles. The number of aliphatic imine (C=N–C) groups is 1. The van der Waals surface area contributed by atoms with Crippen LogP contribution in [0, 0.1) is 6.92 Å². The molecule has 52 valence electrons. The molecular weight excluding hydrogens is 132 g/mol. The fraction of sp³-hybridized carbons (Fsp3) is 0.333. The fourth-order valence-corrected chi connectivity index (χ4v) is 0.601. The zero-order valence-electron chi connectivity index (χ0n) is 5.50. The summed E-state index contributed by atoms with van der Waals surface area (Å²) in [4.78, 5) is 12.9. The first-order valence-electron chi connectivity index (χ1n) is 2.79. The van der Waals surface area contributed by atoms with Crippen LogP contribution in [-0.4, -0.2) is 11.2 Å². The molecule has 0 radical (unpaired) electrons. The minimum atomic E-state index is 0.227. The predicted molar refractivity (Wildman–Crippen MR) is 33.1 cm³/mol. The van der Waals surface area contributed by atoms with Crippen LogP contribution in [0.3, 0.4) is 0 Å². The summed E-state index contributed by atoms with van der Waals surface area (Å²) < 4.78 is 4.74. The van der Waals surface area contributed by atoms with Crippen LogP contribution in [0.25, 0.3) is 0 Å². The molecule has 1 rings (SSSR count). The molecule has 1 aromatic heterocycles. The summed E-state index contributed by atoms with van der Waals surface area (Å²) in [5.41, 5.74) is 0.788. The topological polar surface area (TPSA) is 55.5 Å². The quantitative estimate of drug-likeness (QED) is 0.449. The van der Waals surface area contributed by atoms with Gasteiger partial charge >= 0.3 is 0 Å². The number of aromatic nitrogens is 1. The number of rotatable bonds is 2. The second-order valence-electron chi connectivity index (χ2n) is 1.84. The number of hydrogen-bond donors (Lipinski definition) is 0. The van der Waals surface area contributed by atoms with E-state index in [1.807, 2.05) is 0 Å². The van der Waals surface area contributed by atoms with Crippen molar-refractivity contribution < 1.29 is 9.32 Å². The first-order chi connectivity index (χ1) is 4.83. The third kappa shape index (κ3) is 1.53. The van der Waals surface area contributed by atoms with E-state index in [-0.39, 0.29) is 6.54 Å². The van der Waals surface area contributed by atoms with E-state index in [1.165, 1.54) is 6.08 Å². The van der Waals surface area contributed by atoms with Crippen LogP contribution < -0.4 is 0 Å². The van der Waals surface area contributed by atoms with Crippen molar-refractivity contribution in [3.05, 3.63) is 17.5 Å². The molecule has 0 N–H and O–H groups in total. The van der Waals surface area contributed by atoms with Crippen LogP contribution in [-0.2, 0) is 11.3 Å². The molecule has 0 aliphatic heterocycles. The zero-order valence-corrected chi connectivity index (χ0v) is 5.50. The zero-order chi connectivity index (χ0) is 7.40. The van der Waals surface area contributed by atoms with Gasteiger partial charge in [-0.25, -0.2) is 4.79 Å². The lowest BCUT2D eigenvalue weighted by atomic mass is 10.4. The van der Waals surface area contributed by atoms with E-state index in [1.54, 1.807) is 13.0 Å². The van der Waals surface area contributed by atoms with E-state index < -0.39 is 0 Å². The Morgan fingerprint density at radius 1 is 1.90 bits per heavy atom. The maximum atomic E-state index is 9.63. The van der Waals surface area contributed by atoms with Gasteiger partial charge in [-0.3, -0.25) is 0 Å². The molecule has 0 atom stereocenters. The van der Waals surface area contributed by atoms with E-state index in [0.29, 0.717) is 5.76 Å². The van der Waals surface area contributed by atoms with Crippen molar-refractivity contribution in [3.8, 4) is 0 Å². The van der Waals surface area contributed by atoms with Crippen LogP contribution >= 0.6 is 0 Å². The molecule has 0 aliphatic rings. The molecule has 0 unspecified atom stereocenters. The third-order valence-electron chi connectivity index (χ3n) is 0.976. The first kappa shape index (κ1) is 6.71. The van der Waals surface area contributed by atoms with E-state index >= 15 is 0 Å². The van der Waals surface area contributed by atoms with Gasteiger partial charge in [0.05, 0.1) is 5.69 Å². The van der Waals surface area contributed by atoms with Crippen molar-refractivity contribution in [2.24, 2.45) is 4.99 Å². The summed E-state index contributed by atoms with van der Waals surface area (Å²) in [7, 11) is 0. The lowest BCUT2D eigenvalue weighted by molar-refractivity contribution is 0.381. The van der Waals surface area contributed by atoms with Gasteiger partial charge in [-0.1, -0.05) is 5.16 Å². The van der Waals surface area contributed by atoms with E-state index in [4.69, 9.17) is 4.52 Å². The number of aryl methyl sites for hydroxylation is 1. The Balaban J connectivity index is 2.66. The standard InChI is InChI=1S/C6H6N2O2/c1-5-2-6(10-8-5)3-7-4-9/h2H,3H2,1H3. The van der Waals surface area contributed by atoms with Gasteiger partial charge in [0.1, 0.15) is 6.54 Å². The van der Waals surface area contributed by atoms with Crippen molar-refractivity contribution in [2.45, 2.75) is 13.5 Å². The van der Waals surface area contributed by atoms with E-state index in [2.05, 4.69) is 10.1 Å². The molecule has 4 nitrogen and oxygen atoms in total. The molecule has 0 amide bonds. The van der Waals surface area contributed by atoms with Crippen LogP contribution in [0.2, 0.25) is 0 Å². The number of carbonyl (C=O) groups excluding carboxylic acids is 1. The largest absolute Gasteiger partial charge is 0.359 e. The highest BCUT2D eigenvalue weighted by molar-refractivity contribution is 5.33. The second-order valence-corrected chi connectivity index (χ2v) is 1.84. The Bertz CT molecular complexity index is 260. The van der Waals surface area contributed by atoms with E-state index in [9.17, 15) is 4.79 Å². The van der Waals surface area contributed by atoms with Crippen LogP contribution in [0.4, 0.5) is 0 Å².